The lowest BCUT2D eigenvalue weighted by Crippen LogP contribution is -2.16. The average Bonchev–Trinajstić information content (AvgIpc) is 2.51. The van der Waals surface area contributed by atoms with E-state index in [9.17, 15) is 0 Å². The predicted octanol–water partition coefficient (Wildman–Crippen LogP) is 6.02. The van der Waals surface area contributed by atoms with Crippen molar-refractivity contribution in [3.63, 3.8) is 0 Å². The van der Waals surface area contributed by atoms with Gasteiger partial charge in [0.1, 0.15) is 0 Å². The monoisotopic (exact) mass is 262 g/mol. The molecule has 2 aliphatic rings. The van der Waals surface area contributed by atoms with Crippen LogP contribution >= 0.6 is 0 Å². The third kappa shape index (κ3) is 1.74. The van der Waals surface area contributed by atoms with Gasteiger partial charge < -0.3 is 0 Å². The molecule has 0 aromatic heterocycles. The van der Waals surface area contributed by atoms with Gasteiger partial charge in [0.25, 0.3) is 0 Å². The summed E-state index contributed by atoms with van der Waals surface area (Å²) in [4.78, 5) is 0. The van der Waals surface area contributed by atoms with E-state index >= 15 is 0 Å². The lowest BCUT2D eigenvalue weighted by molar-refractivity contribution is 0.484. The van der Waals surface area contributed by atoms with E-state index in [1.54, 1.807) is 16.5 Å². The van der Waals surface area contributed by atoms with E-state index in [1.165, 1.54) is 43.1 Å². The molecule has 0 amide bonds. The average molecular weight is 262 g/mol. The Kier molecular flexibility index (Phi) is 2.91. The van der Waals surface area contributed by atoms with Crippen molar-refractivity contribution < 1.29 is 0 Å². The van der Waals surface area contributed by atoms with Crippen molar-refractivity contribution >= 4 is 16.8 Å². The van der Waals surface area contributed by atoms with E-state index in [1.807, 2.05) is 0 Å². The van der Waals surface area contributed by atoms with Crippen molar-refractivity contribution in [3.8, 4) is 0 Å². The van der Waals surface area contributed by atoms with Crippen LogP contribution in [0.4, 0.5) is 0 Å². The molecule has 0 heteroatoms. The van der Waals surface area contributed by atoms with E-state index in [0.29, 0.717) is 5.92 Å². The molecule has 0 fully saturated rings. The lowest BCUT2D eigenvalue weighted by atomic mass is 9.71. The highest BCUT2D eigenvalue weighted by Crippen LogP contribution is 2.47. The van der Waals surface area contributed by atoms with E-state index < -0.39 is 0 Å². The molecular weight excluding hydrogens is 240 g/mol. The van der Waals surface area contributed by atoms with Crippen molar-refractivity contribution in [2.24, 2.45) is 0 Å². The van der Waals surface area contributed by atoms with Gasteiger partial charge in [0, 0.05) is 5.92 Å². The Morgan fingerprint density at radius 2 is 2.05 bits per heavy atom. The van der Waals surface area contributed by atoms with Gasteiger partial charge in [-0.25, -0.2) is 0 Å². The molecular formula is C20H22. The van der Waals surface area contributed by atoms with E-state index in [4.69, 9.17) is 0 Å². The molecule has 2 aromatic rings. The summed E-state index contributed by atoms with van der Waals surface area (Å²) in [6, 6.07) is 11.5. The third-order valence-corrected chi connectivity index (χ3v) is 5.20. The summed E-state index contributed by atoms with van der Waals surface area (Å²) >= 11 is 0. The zero-order valence-electron chi connectivity index (χ0n) is 12.2. The van der Waals surface area contributed by atoms with Crippen molar-refractivity contribution in [3.05, 3.63) is 53.1 Å². The van der Waals surface area contributed by atoms with E-state index in [2.05, 4.69) is 49.4 Å². The van der Waals surface area contributed by atoms with Crippen LogP contribution in [-0.4, -0.2) is 0 Å². The van der Waals surface area contributed by atoms with Gasteiger partial charge in [-0.05, 0) is 52.6 Å². The maximum Gasteiger partial charge on any atom is 0.00307 e. The fraction of sp³-hybridized carbons (Fsp3) is 0.400. The van der Waals surface area contributed by atoms with Crippen LogP contribution in [0.25, 0.3) is 16.8 Å². The van der Waals surface area contributed by atoms with Crippen LogP contribution < -0.4 is 0 Å². The molecule has 0 nitrogen and oxygen atoms in total. The summed E-state index contributed by atoms with van der Waals surface area (Å²) in [5, 5.41) is 2.96. The minimum Gasteiger partial charge on any atom is -0.0764 e. The largest absolute Gasteiger partial charge is 0.0764 e. The Bertz CT molecular complexity index is 678. The second-order valence-corrected chi connectivity index (χ2v) is 6.40. The molecule has 4 rings (SSSR count). The first-order valence-corrected chi connectivity index (χ1v) is 8.12. The summed E-state index contributed by atoms with van der Waals surface area (Å²) in [6.45, 7) is 2.30. The zero-order valence-corrected chi connectivity index (χ0v) is 12.2. The molecule has 0 bridgehead atoms. The summed E-state index contributed by atoms with van der Waals surface area (Å²) in [7, 11) is 0. The van der Waals surface area contributed by atoms with E-state index in [-0.39, 0.29) is 0 Å². The molecule has 0 saturated heterocycles. The minimum absolute atomic E-state index is 0.668. The first kappa shape index (κ1) is 12.2. The van der Waals surface area contributed by atoms with Gasteiger partial charge in [0.15, 0.2) is 0 Å². The van der Waals surface area contributed by atoms with Crippen molar-refractivity contribution in [2.45, 2.75) is 50.9 Å². The zero-order chi connectivity index (χ0) is 13.5. The predicted molar refractivity (Wildman–Crippen MR) is 87.2 cm³/mol. The number of benzene rings is 2. The first-order valence-electron chi connectivity index (χ1n) is 8.12. The molecule has 0 aliphatic heterocycles. The Balaban J connectivity index is 1.92. The maximum atomic E-state index is 2.44. The van der Waals surface area contributed by atoms with Gasteiger partial charge >= 0.3 is 0 Å². The van der Waals surface area contributed by atoms with Crippen molar-refractivity contribution in [2.75, 3.05) is 0 Å². The lowest BCUT2D eigenvalue weighted by Gasteiger charge is -2.33. The van der Waals surface area contributed by atoms with Crippen LogP contribution in [0.3, 0.4) is 0 Å². The van der Waals surface area contributed by atoms with Crippen LogP contribution in [0, 0.1) is 0 Å². The molecule has 0 heterocycles. The number of rotatable bonds is 3. The summed E-state index contributed by atoms with van der Waals surface area (Å²) < 4.78 is 0. The van der Waals surface area contributed by atoms with Gasteiger partial charge in [0.2, 0.25) is 0 Å². The highest BCUT2D eigenvalue weighted by atomic mass is 14.3. The Hall–Kier alpha value is -1.56. The van der Waals surface area contributed by atoms with Gasteiger partial charge in [-0.3, -0.25) is 0 Å². The van der Waals surface area contributed by atoms with Gasteiger partial charge in [-0.1, -0.05) is 62.2 Å². The second kappa shape index (κ2) is 4.77. The first-order chi connectivity index (χ1) is 9.88. The van der Waals surface area contributed by atoms with Crippen LogP contribution in [0.5, 0.6) is 0 Å². The summed E-state index contributed by atoms with van der Waals surface area (Å²) in [5.74, 6) is 1.46. The molecule has 2 unspecified atom stereocenters. The molecule has 2 aliphatic carbocycles. The standard InChI is InChI=1S/C20H22/c1-2-3-5-14-8-9-17-11-10-15-6-4-7-16-12-13-18(14)20(17)19(15)16/h4,6-7,10-14,17H,2-3,5,8-9H2,1H3. The molecule has 0 radical (unpaired) electrons. The topological polar surface area (TPSA) is 0 Å². The second-order valence-electron chi connectivity index (χ2n) is 6.40. The summed E-state index contributed by atoms with van der Waals surface area (Å²) in [5.41, 5.74) is 4.73. The maximum absolute atomic E-state index is 2.44. The van der Waals surface area contributed by atoms with Gasteiger partial charge in [0.05, 0.1) is 0 Å². The SMILES string of the molecule is CCCCC1CCC2C=Cc3cccc4ccc1c2c34. The van der Waals surface area contributed by atoms with Gasteiger partial charge in [-0.2, -0.15) is 0 Å². The molecule has 0 saturated carbocycles. The Morgan fingerprint density at radius 3 is 2.95 bits per heavy atom. The number of unbranched alkanes of at least 4 members (excludes halogenated alkanes) is 1. The van der Waals surface area contributed by atoms with Crippen LogP contribution in [-0.2, 0) is 0 Å². The molecule has 0 N–H and O–H groups in total. The number of allylic oxidation sites excluding steroid dienone is 1. The Morgan fingerprint density at radius 1 is 1.10 bits per heavy atom. The van der Waals surface area contributed by atoms with Crippen LogP contribution in [0.1, 0.15) is 67.6 Å². The van der Waals surface area contributed by atoms with Gasteiger partial charge in [-0.15, -0.1) is 0 Å². The number of hydrogen-bond donors (Lipinski definition) is 0. The highest BCUT2D eigenvalue weighted by molar-refractivity contribution is 5.96. The fourth-order valence-corrected chi connectivity index (χ4v) is 4.19. The Labute approximate surface area is 121 Å². The van der Waals surface area contributed by atoms with Crippen molar-refractivity contribution in [1.82, 2.24) is 0 Å². The number of hydrogen-bond acceptors (Lipinski definition) is 0. The molecule has 2 aromatic carbocycles. The highest BCUT2D eigenvalue weighted by Gasteiger charge is 2.29. The fourth-order valence-electron chi connectivity index (χ4n) is 4.19. The van der Waals surface area contributed by atoms with Crippen LogP contribution in [0.2, 0.25) is 0 Å². The molecule has 2 atom stereocenters. The van der Waals surface area contributed by atoms with Crippen molar-refractivity contribution in [1.29, 1.82) is 0 Å². The molecule has 0 spiro atoms. The van der Waals surface area contributed by atoms with E-state index in [0.717, 1.165) is 5.92 Å². The smallest absolute Gasteiger partial charge is 0.00307 e. The van der Waals surface area contributed by atoms with Crippen LogP contribution in [0.15, 0.2) is 36.4 Å². The third-order valence-electron chi connectivity index (χ3n) is 5.20. The molecule has 20 heavy (non-hydrogen) atoms. The molecule has 102 valence electrons. The normalized spacial score (nSPS) is 23.2. The minimum atomic E-state index is 0.668. The quantitative estimate of drug-likeness (QED) is 0.634. The summed E-state index contributed by atoms with van der Waals surface area (Å²) in [6.07, 6.45) is 11.5.